The molecule has 0 aliphatic carbocycles. The highest BCUT2D eigenvalue weighted by atomic mass is 35.5. The number of ether oxygens (including phenoxy) is 2. The van der Waals surface area contributed by atoms with E-state index in [1.807, 2.05) is 0 Å². The Morgan fingerprint density at radius 3 is 2.48 bits per heavy atom. The molecule has 138 valence electrons. The number of methoxy groups -OCH3 is 1. The van der Waals surface area contributed by atoms with Crippen molar-refractivity contribution in [3.63, 3.8) is 0 Å². The van der Waals surface area contributed by atoms with Crippen LogP contribution in [0.15, 0.2) is 0 Å². The Hall–Kier alpha value is -0.110. The van der Waals surface area contributed by atoms with Crippen molar-refractivity contribution >= 4 is 30.7 Å². The molecule has 0 saturated carbocycles. The van der Waals surface area contributed by atoms with Crippen LogP contribution in [0.5, 0.6) is 0 Å². The fourth-order valence-corrected chi connectivity index (χ4v) is 3.07. The van der Waals surface area contributed by atoms with Crippen molar-refractivity contribution in [3.8, 4) is 0 Å². The third-order valence-electron chi connectivity index (χ3n) is 4.50. The second-order valence-corrected chi connectivity index (χ2v) is 6.18. The molecule has 6 nitrogen and oxygen atoms in total. The molecule has 8 heteroatoms. The van der Waals surface area contributed by atoms with Crippen LogP contribution in [0.2, 0.25) is 0 Å². The molecular formula is C15H31Cl2N3O3. The number of morpholine rings is 1. The zero-order chi connectivity index (χ0) is 15.1. The van der Waals surface area contributed by atoms with Crippen LogP contribution in [-0.4, -0.2) is 76.0 Å². The van der Waals surface area contributed by atoms with Gasteiger partial charge < -0.3 is 20.1 Å². The topological polar surface area (TPSA) is 62.8 Å². The molecule has 2 N–H and O–H groups in total. The van der Waals surface area contributed by atoms with E-state index >= 15 is 0 Å². The number of carbonyl (C=O) groups is 1. The monoisotopic (exact) mass is 371 g/mol. The van der Waals surface area contributed by atoms with E-state index in [4.69, 9.17) is 9.47 Å². The SMILES string of the molecule is COC1(C(=O)NCC(C)CN2CCOCC2)CCNCC1.Cl.Cl. The molecule has 2 heterocycles. The molecule has 0 radical (unpaired) electrons. The average Bonchev–Trinajstić information content (AvgIpc) is 2.54. The summed E-state index contributed by atoms with van der Waals surface area (Å²) in [6.45, 7) is 9.18. The number of nitrogens with zero attached hydrogens (tertiary/aromatic N) is 1. The predicted molar refractivity (Wildman–Crippen MR) is 95.8 cm³/mol. The van der Waals surface area contributed by atoms with E-state index in [1.54, 1.807) is 7.11 Å². The zero-order valence-electron chi connectivity index (χ0n) is 14.1. The number of hydrogen-bond donors (Lipinski definition) is 2. The highest BCUT2D eigenvalue weighted by Gasteiger charge is 2.39. The number of rotatable bonds is 6. The van der Waals surface area contributed by atoms with Gasteiger partial charge in [0.15, 0.2) is 0 Å². The average molecular weight is 372 g/mol. The Labute approximate surface area is 151 Å². The van der Waals surface area contributed by atoms with Crippen LogP contribution < -0.4 is 10.6 Å². The Morgan fingerprint density at radius 1 is 1.30 bits per heavy atom. The molecule has 0 spiro atoms. The lowest BCUT2D eigenvalue weighted by Gasteiger charge is -2.35. The standard InChI is InChI=1S/C15H29N3O3.2ClH/c1-13(12-18-7-9-21-10-8-18)11-17-14(19)15(20-2)3-5-16-6-4-15;;/h13,16H,3-12H2,1-2H3,(H,17,19);2*1H. The maximum atomic E-state index is 12.5. The summed E-state index contributed by atoms with van der Waals surface area (Å²) in [4.78, 5) is 14.9. The smallest absolute Gasteiger partial charge is 0.252 e. The van der Waals surface area contributed by atoms with Gasteiger partial charge in [0.25, 0.3) is 5.91 Å². The van der Waals surface area contributed by atoms with Gasteiger partial charge in [-0.15, -0.1) is 24.8 Å². The van der Waals surface area contributed by atoms with Gasteiger partial charge in [-0.2, -0.15) is 0 Å². The summed E-state index contributed by atoms with van der Waals surface area (Å²) in [5.74, 6) is 0.475. The first-order valence-corrected chi connectivity index (χ1v) is 8.00. The van der Waals surface area contributed by atoms with Crippen LogP contribution in [0.25, 0.3) is 0 Å². The molecule has 1 atom stereocenters. The van der Waals surface area contributed by atoms with E-state index in [9.17, 15) is 4.79 Å². The lowest BCUT2D eigenvalue weighted by Crippen LogP contribution is -2.55. The van der Waals surface area contributed by atoms with Crippen molar-refractivity contribution in [2.75, 3.05) is 59.6 Å². The number of halogens is 2. The zero-order valence-corrected chi connectivity index (χ0v) is 15.8. The first-order valence-electron chi connectivity index (χ1n) is 8.00. The van der Waals surface area contributed by atoms with E-state index < -0.39 is 5.60 Å². The van der Waals surface area contributed by atoms with Gasteiger partial charge in [-0.25, -0.2) is 0 Å². The Bertz CT molecular complexity index is 336. The number of carbonyl (C=O) groups excluding carboxylic acids is 1. The van der Waals surface area contributed by atoms with Crippen LogP contribution in [-0.2, 0) is 14.3 Å². The summed E-state index contributed by atoms with van der Waals surface area (Å²) in [5, 5.41) is 6.35. The van der Waals surface area contributed by atoms with Gasteiger partial charge in [0.2, 0.25) is 0 Å². The van der Waals surface area contributed by atoms with Crippen molar-refractivity contribution in [1.82, 2.24) is 15.5 Å². The highest BCUT2D eigenvalue weighted by molar-refractivity contribution is 5.86. The lowest BCUT2D eigenvalue weighted by atomic mass is 9.91. The normalized spacial score (nSPS) is 22.3. The summed E-state index contributed by atoms with van der Waals surface area (Å²) < 4.78 is 10.9. The van der Waals surface area contributed by atoms with E-state index in [0.717, 1.165) is 58.8 Å². The third-order valence-corrected chi connectivity index (χ3v) is 4.50. The summed E-state index contributed by atoms with van der Waals surface area (Å²) in [6, 6.07) is 0. The molecule has 1 amide bonds. The molecule has 2 aliphatic heterocycles. The number of piperidine rings is 1. The van der Waals surface area contributed by atoms with Gasteiger partial charge in [-0.05, 0) is 31.8 Å². The first-order chi connectivity index (χ1) is 10.2. The minimum absolute atomic E-state index is 0. The van der Waals surface area contributed by atoms with Crippen molar-refractivity contribution < 1.29 is 14.3 Å². The van der Waals surface area contributed by atoms with Gasteiger partial charge in [-0.1, -0.05) is 6.92 Å². The Kier molecular flexibility index (Phi) is 11.4. The van der Waals surface area contributed by atoms with E-state index in [1.165, 1.54) is 0 Å². The van der Waals surface area contributed by atoms with Crippen molar-refractivity contribution in [3.05, 3.63) is 0 Å². The summed E-state index contributed by atoms with van der Waals surface area (Å²) in [6.07, 6.45) is 1.49. The molecule has 0 aromatic carbocycles. The van der Waals surface area contributed by atoms with Gasteiger partial charge in [0.1, 0.15) is 5.60 Å². The van der Waals surface area contributed by atoms with Gasteiger partial charge in [0.05, 0.1) is 13.2 Å². The fraction of sp³-hybridized carbons (Fsp3) is 0.933. The number of nitrogens with one attached hydrogen (secondary N) is 2. The van der Waals surface area contributed by atoms with Crippen LogP contribution in [0.4, 0.5) is 0 Å². The summed E-state index contributed by atoms with van der Waals surface area (Å²) in [5.41, 5.74) is -0.635. The minimum Gasteiger partial charge on any atom is -0.379 e. The molecule has 0 aromatic heterocycles. The largest absolute Gasteiger partial charge is 0.379 e. The van der Waals surface area contributed by atoms with E-state index in [2.05, 4.69) is 22.5 Å². The van der Waals surface area contributed by atoms with E-state index in [-0.39, 0.29) is 30.7 Å². The molecule has 2 aliphatic rings. The highest BCUT2D eigenvalue weighted by Crippen LogP contribution is 2.22. The van der Waals surface area contributed by atoms with Crippen molar-refractivity contribution in [2.24, 2.45) is 5.92 Å². The molecule has 23 heavy (non-hydrogen) atoms. The third kappa shape index (κ3) is 6.72. The number of hydrogen-bond acceptors (Lipinski definition) is 5. The molecule has 2 saturated heterocycles. The second-order valence-electron chi connectivity index (χ2n) is 6.18. The maximum absolute atomic E-state index is 12.5. The van der Waals surface area contributed by atoms with Crippen LogP contribution in [0.1, 0.15) is 19.8 Å². The van der Waals surface area contributed by atoms with Crippen molar-refractivity contribution in [2.45, 2.75) is 25.4 Å². The molecular weight excluding hydrogens is 341 g/mol. The Morgan fingerprint density at radius 2 is 1.91 bits per heavy atom. The summed E-state index contributed by atoms with van der Waals surface area (Å²) in [7, 11) is 1.64. The second kappa shape index (κ2) is 11.4. The van der Waals surface area contributed by atoms with Crippen molar-refractivity contribution in [1.29, 1.82) is 0 Å². The maximum Gasteiger partial charge on any atom is 0.252 e. The molecule has 1 unspecified atom stereocenters. The van der Waals surface area contributed by atoms with Gasteiger partial charge in [0, 0.05) is 33.3 Å². The molecule has 2 rings (SSSR count). The lowest BCUT2D eigenvalue weighted by molar-refractivity contribution is -0.146. The first kappa shape index (κ1) is 22.9. The van der Waals surface area contributed by atoms with E-state index in [0.29, 0.717) is 12.5 Å². The van der Waals surface area contributed by atoms with Gasteiger partial charge >= 0.3 is 0 Å². The molecule has 0 bridgehead atoms. The van der Waals surface area contributed by atoms with Crippen LogP contribution >= 0.6 is 24.8 Å². The minimum atomic E-state index is -0.635. The van der Waals surface area contributed by atoms with Gasteiger partial charge in [-0.3, -0.25) is 9.69 Å². The fourth-order valence-electron chi connectivity index (χ4n) is 3.07. The Balaban J connectivity index is 0.00000242. The van der Waals surface area contributed by atoms with Crippen LogP contribution in [0, 0.1) is 5.92 Å². The molecule has 0 aromatic rings. The quantitative estimate of drug-likeness (QED) is 0.718. The predicted octanol–water partition coefficient (Wildman–Crippen LogP) is 0.683. The number of amides is 1. The molecule has 2 fully saturated rings. The van der Waals surface area contributed by atoms with Crippen LogP contribution in [0.3, 0.4) is 0 Å². The summed E-state index contributed by atoms with van der Waals surface area (Å²) >= 11 is 0.